The van der Waals surface area contributed by atoms with E-state index in [4.69, 9.17) is 4.74 Å². The summed E-state index contributed by atoms with van der Waals surface area (Å²) < 4.78 is 10.1. The maximum Gasteiger partial charge on any atom is 0.410 e. The summed E-state index contributed by atoms with van der Waals surface area (Å²) in [5, 5.41) is 0. The van der Waals surface area contributed by atoms with Crippen molar-refractivity contribution in [2.24, 2.45) is 5.41 Å². The van der Waals surface area contributed by atoms with Crippen molar-refractivity contribution in [1.82, 2.24) is 9.88 Å². The Morgan fingerprint density at radius 1 is 1.20 bits per heavy atom. The fourth-order valence-corrected chi connectivity index (χ4v) is 3.43. The molecule has 0 bridgehead atoms. The maximum atomic E-state index is 12.1. The first-order valence-corrected chi connectivity index (χ1v) is 8.49. The second-order valence-electron chi connectivity index (χ2n) is 7.90. The first kappa shape index (κ1) is 17.5. The molecule has 2 aliphatic rings. The minimum absolute atomic E-state index is 0.137. The molecule has 0 N–H and O–H groups in total. The molecule has 0 atom stereocenters. The van der Waals surface area contributed by atoms with Gasteiger partial charge in [0.2, 0.25) is 0 Å². The van der Waals surface area contributed by atoms with Crippen LogP contribution < -0.4 is 4.90 Å². The molecule has 136 valence electrons. The Labute approximate surface area is 147 Å². The van der Waals surface area contributed by atoms with E-state index < -0.39 is 11.6 Å². The highest BCUT2D eigenvalue weighted by Gasteiger charge is 2.50. The van der Waals surface area contributed by atoms with Crippen LogP contribution in [-0.4, -0.2) is 60.8 Å². The number of anilines is 1. The van der Waals surface area contributed by atoms with E-state index in [0.717, 1.165) is 38.3 Å². The van der Waals surface area contributed by atoms with Crippen LogP contribution >= 0.6 is 0 Å². The number of ether oxygens (including phenoxy) is 2. The maximum absolute atomic E-state index is 12.1. The topological polar surface area (TPSA) is 72.0 Å². The Kier molecular flexibility index (Phi) is 4.34. The lowest BCUT2D eigenvalue weighted by molar-refractivity contribution is -0.0266. The molecule has 1 aromatic heterocycles. The standard InChI is InChI=1S/C18H25N3O4/c1-17(2,3)25-16(23)21-11-18(12-21)7-8-20(10-18)13-5-6-14(19-9-13)15(22)24-4/h5-6,9H,7-8,10-12H2,1-4H3. The van der Waals surface area contributed by atoms with Crippen LogP contribution in [0.15, 0.2) is 18.3 Å². The molecule has 7 nitrogen and oxygen atoms in total. The second kappa shape index (κ2) is 6.20. The number of likely N-dealkylation sites (tertiary alicyclic amines) is 1. The highest BCUT2D eigenvalue weighted by atomic mass is 16.6. The van der Waals surface area contributed by atoms with Crippen molar-refractivity contribution in [3.63, 3.8) is 0 Å². The van der Waals surface area contributed by atoms with Gasteiger partial charge in [-0.3, -0.25) is 0 Å². The molecule has 0 aliphatic carbocycles. The predicted molar refractivity (Wildman–Crippen MR) is 92.6 cm³/mol. The number of pyridine rings is 1. The van der Waals surface area contributed by atoms with E-state index in [2.05, 4.69) is 14.6 Å². The number of aromatic nitrogens is 1. The molecular weight excluding hydrogens is 322 g/mol. The summed E-state index contributed by atoms with van der Waals surface area (Å²) in [5.41, 5.74) is 0.965. The molecule has 2 saturated heterocycles. The number of hydrogen-bond donors (Lipinski definition) is 0. The molecule has 3 heterocycles. The predicted octanol–water partition coefficient (Wildman–Crippen LogP) is 2.32. The highest BCUT2D eigenvalue weighted by Crippen LogP contribution is 2.41. The summed E-state index contributed by atoms with van der Waals surface area (Å²) in [7, 11) is 1.34. The van der Waals surface area contributed by atoms with E-state index in [1.54, 1.807) is 17.2 Å². The molecule has 1 amide bonds. The Bertz CT molecular complexity index is 660. The fraction of sp³-hybridized carbons (Fsp3) is 0.611. The van der Waals surface area contributed by atoms with Crippen LogP contribution in [0.2, 0.25) is 0 Å². The number of carbonyl (C=O) groups is 2. The first-order chi connectivity index (χ1) is 11.7. The average molecular weight is 347 g/mol. The van der Waals surface area contributed by atoms with Crippen LogP contribution in [0.5, 0.6) is 0 Å². The Hall–Kier alpha value is -2.31. The number of hydrogen-bond acceptors (Lipinski definition) is 6. The van der Waals surface area contributed by atoms with Crippen molar-refractivity contribution >= 4 is 17.7 Å². The number of carbonyl (C=O) groups excluding carboxylic acids is 2. The van der Waals surface area contributed by atoms with Gasteiger partial charge in [0, 0.05) is 31.6 Å². The molecule has 2 fully saturated rings. The Balaban J connectivity index is 1.56. The third-order valence-corrected chi connectivity index (χ3v) is 4.65. The largest absolute Gasteiger partial charge is 0.464 e. The number of nitrogens with zero attached hydrogens (tertiary/aromatic N) is 3. The van der Waals surface area contributed by atoms with Crippen molar-refractivity contribution in [3.8, 4) is 0 Å². The third kappa shape index (κ3) is 3.70. The lowest BCUT2D eigenvalue weighted by Crippen LogP contribution is -2.60. The number of methoxy groups -OCH3 is 1. The van der Waals surface area contributed by atoms with E-state index in [0.29, 0.717) is 5.69 Å². The molecular formula is C18H25N3O4. The van der Waals surface area contributed by atoms with Gasteiger partial charge in [-0.15, -0.1) is 0 Å². The van der Waals surface area contributed by atoms with Crippen LogP contribution in [0, 0.1) is 5.41 Å². The molecule has 0 radical (unpaired) electrons. The number of rotatable bonds is 2. The Morgan fingerprint density at radius 3 is 2.48 bits per heavy atom. The van der Waals surface area contributed by atoms with Crippen molar-refractivity contribution in [2.75, 3.05) is 38.2 Å². The van der Waals surface area contributed by atoms with Gasteiger partial charge in [0.1, 0.15) is 11.3 Å². The summed E-state index contributed by atoms with van der Waals surface area (Å²) >= 11 is 0. The summed E-state index contributed by atoms with van der Waals surface area (Å²) in [6.07, 6.45) is 2.50. The number of esters is 1. The van der Waals surface area contributed by atoms with E-state index >= 15 is 0 Å². The molecule has 0 unspecified atom stereocenters. The van der Waals surface area contributed by atoms with Gasteiger partial charge in [-0.25, -0.2) is 14.6 Å². The van der Waals surface area contributed by atoms with E-state index in [1.165, 1.54) is 7.11 Å². The fourth-order valence-electron chi connectivity index (χ4n) is 3.43. The second-order valence-corrected chi connectivity index (χ2v) is 7.90. The Morgan fingerprint density at radius 2 is 1.92 bits per heavy atom. The van der Waals surface area contributed by atoms with Crippen molar-refractivity contribution in [1.29, 1.82) is 0 Å². The lowest BCUT2D eigenvalue weighted by Gasteiger charge is -2.47. The average Bonchev–Trinajstić information content (AvgIpc) is 2.97. The highest BCUT2D eigenvalue weighted by molar-refractivity contribution is 5.87. The van der Waals surface area contributed by atoms with Crippen molar-refractivity contribution < 1.29 is 19.1 Å². The molecule has 1 spiro atoms. The van der Waals surface area contributed by atoms with Crippen LogP contribution in [0.25, 0.3) is 0 Å². The molecule has 0 aromatic carbocycles. The SMILES string of the molecule is COC(=O)c1ccc(N2CCC3(CN(C(=O)OC(C)(C)C)C3)C2)cn1. The molecule has 25 heavy (non-hydrogen) atoms. The van der Waals surface area contributed by atoms with Crippen LogP contribution in [0.1, 0.15) is 37.7 Å². The lowest BCUT2D eigenvalue weighted by atomic mass is 9.79. The molecule has 0 saturated carbocycles. The van der Waals surface area contributed by atoms with Gasteiger partial charge >= 0.3 is 12.1 Å². The van der Waals surface area contributed by atoms with Crippen molar-refractivity contribution in [3.05, 3.63) is 24.0 Å². The van der Waals surface area contributed by atoms with Gasteiger partial charge in [-0.05, 0) is 39.3 Å². The van der Waals surface area contributed by atoms with Gasteiger partial charge in [-0.1, -0.05) is 0 Å². The zero-order chi connectivity index (χ0) is 18.2. The van der Waals surface area contributed by atoms with Gasteiger partial charge in [-0.2, -0.15) is 0 Å². The zero-order valence-corrected chi connectivity index (χ0v) is 15.2. The van der Waals surface area contributed by atoms with Crippen LogP contribution in [0.4, 0.5) is 10.5 Å². The summed E-state index contributed by atoms with van der Waals surface area (Å²) in [6.45, 7) is 8.89. The minimum atomic E-state index is -0.464. The molecule has 1 aromatic rings. The normalized spacial score (nSPS) is 18.9. The summed E-state index contributed by atoms with van der Waals surface area (Å²) in [5.74, 6) is -0.434. The van der Waals surface area contributed by atoms with Gasteiger partial charge < -0.3 is 19.3 Å². The van der Waals surface area contributed by atoms with Gasteiger partial charge in [0.15, 0.2) is 0 Å². The smallest absolute Gasteiger partial charge is 0.410 e. The minimum Gasteiger partial charge on any atom is -0.464 e. The number of amides is 1. The van der Waals surface area contributed by atoms with Crippen LogP contribution in [-0.2, 0) is 9.47 Å². The first-order valence-electron chi connectivity index (χ1n) is 8.49. The summed E-state index contributed by atoms with van der Waals surface area (Å²) in [4.78, 5) is 31.7. The van der Waals surface area contributed by atoms with Gasteiger partial charge in [0.25, 0.3) is 0 Å². The van der Waals surface area contributed by atoms with Crippen LogP contribution in [0.3, 0.4) is 0 Å². The zero-order valence-electron chi connectivity index (χ0n) is 15.2. The summed E-state index contributed by atoms with van der Waals surface area (Å²) in [6, 6.07) is 3.57. The van der Waals surface area contributed by atoms with E-state index in [1.807, 2.05) is 26.8 Å². The quantitative estimate of drug-likeness (QED) is 0.765. The molecule has 2 aliphatic heterocycles. The monoisotopic (exact) mass is 347 g/mol. The van der Waals surface area contributed by atoms with Crippen molar-refractivity contribution in [2.45, 2.75) is 32.8 Å². The third-order valence-electron chi connectivity index (χ3n) is 4.65. The van der Waals surface area contributed by atoms with E-state index in [9.17, 15) is 9.59 Å². The van der Waals surface area contributed by atoms with E-state index in [-0.39, 0.29) is 11.5 Å². The molecule has 3 rings (SSSR count). The molecule has 7 heteroatoms. The van der Waals surface area contributed by atoms with Gasteiger partial charge in [0.05, 0.1) is 19.0 Å².